The minimum absolute atomic E-state index is 0.233. The number of aliphatic carboxylic acids is 1. The van der Waals surface area contributed by atoms with Crippen LogP contribution in [0.1, 0.15) is 24.7 Å². The van der Waals surface area contributed by atoms with Crippen LogP contribution in [0.5, 0.6) is 0 Å². The Kier molecular flexibility index (Phi) is 4.97. The van der Waals surface area contributed by atoms with Gasteiger partial charge in [-0.1, -0.05) is 6.92 Å². The summed E-state index contributed by atoms with van der Waals surface area (Å²) in [6.45, 7) is 6.78. The van der Waals surface area contributed by atoms with Gasteiger partial charge < -0.3 is 10.4 Å². The van der Waals surface area contributed by atoms with E-state index < -0.39 is 5.97 Å². The van der Waals surface area contributed by atoms with Crippen molar-refractivity contribution >= 4 is 11.9 Å². The minimum Gasteiger partial charge on any atom is -0.480 e. The Labute approximate surface area is 150 Å². The first kappa shape index (κ1) is 17.6. The molecule has 3 heterocycles. The van der Waals surface area contributed by atoms with E-state index in [2.05, 4.69) is 32.3 Å². The summed E-state index contributed by atoms with van der Waals surface area (Å²) in [5.74, 6) is -0.00215. The van der Waals surface area contributed by atoms with E-state index in [-0.39, 0.29) is 12.5 Å². The van der Waals surface area contributed by atoms with Gasteiger partial charge >= 0.3 is 5.97 Å². The monoisotopic (exact) mass is 355 g/mol. The number of carboxylic acids is 1. The molecule has 0 atom stereocenters. The van der Waals surface area contributed by atoms with Crippen molar-refractivity contribution in [3.05, 3.63) is 36.2 Å². The summed E-state index contributed by atoms with van der Waals surface area (Å²) in [5, 5.41) is 15.9. The maximum Gasteiger partial charge on any atom is 0.322 e. The molecular formula is C17H21N7O2. The van der Waals surface area contributed by atoms with Crippen molar-refractivity contribution in [1.29, 1.82) is 0 Å². The second-order valence-corrected chi connectivity index (χ2v) is 5.91. The van der Waals surface area contributed by atoms with Gasteiger partial charge in [-0.25, -0.2) is 15.0 Å². The molecule has 136 valence electrons. The average molecular weight is 355 g/mol. The molecule has 9 nitrogen and oxygen atoms in total. The molecule has 2 N–H and O–H groups in total. The molecule has 0 fully saturated rings. The number of nitrogens with zero attached hydrogens (tertiary/aromatic N) is 6. The molecule has 3 aromatic heterocycles. The normalized spacial score (nSPS) is 10.9. The highest BCUT2D eigenvalue weighted by Crippen LogP contribution is 2.25. The highest BCUT2D eigenvalue weighted by molar-refractivity contribution is 5.71. The number of carbonyl (C=O) groups is 1. The highest BCUT2D eigenvalue weighted by atomic mass is 16.4. The molecule has 0 amide bonds. The van der Waals surface area contributed by atoms with Crippen LogP contribution < -0.4 is 5.32 Å². The number of rotatable bonds is 7. The minimum atomic E-state index is -0.969. The molecule has 0 unspecified atom stereocenters. The molecule has 0 aliphatic carbocycles. The Morgan fingerprint density at radius 2 is 1.96 bits per heavy atom. The van der Waals surface area contributed by atoms with Crippen molar-refractivity contribution < 1.29 is 9.90 Å². The third kappa shape index (κ3) is 3.41. The van der Waals surface area contributed by atoms with Gasteiger partial charge in [0.2, 0.25) is 5.95 Å². The second-order valence-electron chi connectivity index (χ2n) is 5.91. The molecule has 0 aromatic carbocycles. The summed E-state index contributed by atoms with van der Waals surface area (Å²) in [5.41, 5.74) is 3.73. The summed E-state index contributed by atoms with van der Waals surface area (Å²) in [6, 6.07) is 0. The van der Waals surface area contributed by atoms with Gasteiger partial charge in [0, 0.05) is 31.3 Å². The average Bonchev–Trinajstić information content (AvgIpc) is 3.18. The molecule has 0 radical (unpaired) electrons. The van der Waals surface area contributed by atoms with E-state index >= 15 is 0 Å². The number of hydrogen-bond donors (Lipinski definition) is 2. The summed E-state index contributed by atoms with van der Waals surface area (Å²) in [7, 11) is 0. The SMILES string of the molecule is CCCn1nc(C)c(-n2ccnc2-c2cnc(NCC(=O)O)nc2)c1C. The van der Waals surface area contributed by atoms with Crippen molar-refractivity contribution in [3.8, 4) is 17.1 Å². The number of carboxylic acid groups (broad SMARTS) is 1. The quantitative estimate of drug-likeness (QED) is 0.667. The summed E-state index contributed by atoms with van der Waals surface area (Å²) in [4.78, 5) is 23.4. The Balaban J connectivity index is 1.93. The Morgan fingerprint density at radius 1 is 1.23 bits per heavy atom. The van der Waals surface area contributed by atoms with Crippen molar-refractivity contribution in [2.75, 3.05) is 11.9 Å². The van der Waals surface area contributed by atoms with Gasteiger partial charge in [-0.2, -0.15) is 5.10 Å². The van der Waals surface area contributed by atoms with E-state index in [9.17, 15) is 4.79 Å². The first-order chi connectivity index (χ1) is 12.5. The second kappa shape index (κ2) is 7.34. The summed E-state index contributed by atoms with van der Waals surface area (Å²) >= 11 is 0. The third-order valence-corrected chi connectivity index (χ3v) is 3.97. The lowest BCUT2D eigenvalue weighted by Gasteiger charge is -2.09. The van der Waals surface area contributed by atoms with Crippen LogP contribution in [0, 0.1) is 13.8 Å². The molecule has 0 aliphatic heterocycles. The van der Waals surface area contributed by atoms with Gasteiger partial charge in [0.25, 0.3) is 0 Å². The number of aromatic nitrogens is 6. The van der Waals surface area contributed by atoms with Crippen molar-refractivity contribution in [2.45, 2.75) is 33.7 Å². The van der Waals surface area contributed by atoms with E-state index in [4.69, 9.17) is 5.11 Å². The zero-order chi connectivity index (χ0) is 18.7. The molecule has 0 spiro atoms. The van der Waals surface area contributed by atoms with Crippen LogP contribution >= 0.6 is 0 Å². The smallest absolute Gasteiger partial charge is 0.322 e. The lowest BCUT2D eigenvalue weighted by Crippen LogP contribution is -2.14. The standard InChI is InChI=1S/C17H21N7O2/c1-4-6-24-12(3)15(11(2)22-24)23-7-5-18-16(23)13-8-19-17(20-9-13)21-10-14(25)26/h5,7-9H,4,6,10H2,1-3H3,(H,25,26)(H,19,20,21). The Hall–Kier alpha value is -3.23. The number of imidazole rings is 1. The zero-order valence-corrected chi connectivity index (χ0v) is 15.0. The van der Waals surface area contributed by atoms with Crippen LogP contribution in [0.2, 0.25) is 0 Å². The molecule has 0 saturated heterocycles. The maximum absolute atomic E-state index is 10.6. The van der Waals surface area contributed by atoms with Crippen molar-refractivity contribution in [2.24, 2.45) is 0 Å². The molecule has 26 heavy (non-hydrogen) atoms. The molecule has 0 saturated carbocycles. The van der Waals surface area contributed by atoms with Crippen LogP contribution in [0.25, 0.3) is 17.1 Å². The van der Waals surface area contributed by atoms with Crippen molar-refractivity contribution in [1.82, 2.24) is 29.3 Å². The Morgan fingerprint density at radius 3 is 2.62 bits per heavy atom. The maximum atomic E-state index is 10.6. The predicted octanol–water partition coefficient (Wildman–Crippen LogP) is 2.05. The summed E-state index contributed by atoms with van der Waals surface area (Å²) < 4.78 is 3.98. The molecule has 3 rings (SSSR count). The fourth-order valence-electron chi connectivity index (χ4n) is 2.85. The molecule has 3 aromatic rings. The van der Waals surface area contributed by atoms with E-state index in [1.54, 1.807) is 18.6 Å². The first-order valence-corrected chi connectivity index (χ1v) is 8.37. The largest absolute Gasteiger partial charge is 0.480 e. The third-order valence-electron chi connectivity index (χ3n) is 3.97. The van der Waals surface area contributed by atoms with E-state index in [0.717, 1.165) is 35.6 Å². The fraction of sp³-hybridized carbons (Fsp3) is 0.353. The lowest BCUT2D eigenvalue weighted by molar-refractivity contribution is -0.134. The van der Waals surface area contributed by atoms with Crippen molar-refractivity contribution in [3.63, 3.8) is 0 Å². The number of nitrogens with one attached hydrogen (secondary N) is 1. The van der Waals surface area contributed by atoms with Crippen LogP contribution in [0.4, 0.5) is 5.95 Å². The van der Waals surface area contributed by atoms with Crippen LogP contribution in [-0.4, -0.2) is 46.9 Å². The van der Waals surface area contributed by atoms with Crippen LogP contribution in [0.15, 0.2) is 24.8 Å². The van der Waals surface area contributed by atoms with E-state index in [1.807, 2.05) is 29.3 Å². The predicted molar refractivity (Wildman–Crippen MR) is 96.3 cm³/mol. The molecule has 0 bridgehead atoms. The van der Waals surface area contributed by atoms with Gasteiger partial charge in [-0.05, 0) is 20.3 Å². The van der Waals surface area contributed by atoms with Gasteiger partial charge in [-0.3, -0.25) is 14.0 Å². The van der Waals surface area contributed by atoms with Gasteiger partial charge in [0.05, 0.1) is 22.6 Å². The molecule has 0 aliphatic rings. The topological polar surface area (TPSA) is 111 Å². The van der Waals surface area contributed by atoms with Crippen LogP contribution in [0.3, 0.4) is 0 Å². The first-order valence-electron chi connectivity index (χ1n) is 8.37. The Bertz CT molecular complexity index is 912. The zero-order valence-electron chi connectivity index (χ0n) is 15.0. The van der Waals surface area contributed by atoms with E-state index in [1.165, 1.54) is 0 Å². The van der Waals surface area contributed by atoms with Gasteiger partial charge in [0.15, 0.2) is 0 Å². The number of anilines is 1. The van der Waals surface area contributed by atoms with Crippen LogP contribution in [-0.2, 0) is 11.3 Å². The number of hydrogen-bond acceptors (Lipinski definition) is 6. The fourth-order valence-corrected chi connectivity index (χ4v) is 2.85. The lowest BCUT2D eigenvalue weighted by atomic mass is 10.2. The molecular weight excluding hydrogens is 334 g/mol. The highest BCUT2D eigenvalue weighted by Gasteiger charge is 2.17. The molecule has 9 heteroatoms. The summed E-state index contributed by atoms with van der Waals surface area (Å²) in [6.07, 6.45) is 7.87. The van der Waals surface area contributed by atoms with E-state index in [0.29, 0.717) is 5.82 Å². The number of aryl methyl sites for hydroxylation is 2. The van der Waals surface area contributed by atoms with Gasteiger partial charge in [-0.15, -0.1) is 0 Å². The van der Waals surface area contributed by atoms with Gasteiger partial charge in [0.1, 0.15) is 12.4 Å².